The molecule has 0 unspecified atom stereocenters. The number of rotatable bonds is 4. The van der Waals surface area contributed by atoms with Gasteiger partial charge < -0.3 is 10.8 Å². The molecule has 0 atom stereocenters. The molecule has 0 saturated carbocycles. The van der Waals surface area contributed by atoms with Gasteiger partial charge in [-0.2, -0.15) is 0 Å². The van der Waals surface area contributed by atoms with E-state index in [4.69, 9.17) is 10.8 Å². The van der Waals surface area contributed by atoms with Crippen molar-refractivity contribution < 1.29 is 23.1 Å². The molecule has 0 fully saturated rings. The number of carboxylic acids is 1. The number of amides is 1. The lowest BCUT2D eigenvalue weighted by molar-refractivity contribution is 0.0698. The lowest BCUT2D eigenvalue weighted by atomic mass is 10.1. The molecule has 1 rings (SSSR count). The number of hydrogen-bond donors (Lipinski definition) is 2. The minimum absolute atomic E-state index is 0.164. The van der Waals surface area contributed by atoms with Crippen LogP contribution in [-0.2, 0) is 10.0 Å². The molecule has 0 aromatic heterocycles. The first-order valence-corrected chi connectivity index (χ1v) is 6.61. The summed E-state index contributed by atoms with van der Waals surface area (Å²) in [6, 6.07) is 3.79. The molecule has 0 heterocycles. The zero-order valence-electron chi connectivity index (χ0n) is 9.75. The van der Waals surface area contributed by atoms with Gasteiger partial charge in [0.05, 0.1) is 23.1 Å². The number of aromatic carboxylic acids is 1. The molecular weight excluding hydrogens is 260 g/mol. The molecule has 7 nitrogen and oxygen atoms in total. The molecule has 3 N–H and O–H groups in total. The summed E-state index contributed by atoms with van der Waals surface area (Å²) >= 11 is 0. The van der Waals surface area contributed by atoms with Gasteiger partial charge in [0.15, 0.2) is 0 Å². The summed E-state index contributed by atoms with van der Waals surface area (Å²) in [5.74, 6) is -2.24. The van der Waals surface area contributed by atoms with Crippen molar-refractivity contribution in [3.05, 3.63) is 29.3 Å². The number of nitrogens with two attached hydrogens (primary N) is 1. The first-order valence-electron chi connectivity index (χ1n) is 4.76. The van der Waals surface area contributed by atoms with Gasteiger partial charge in [0.2, 0.25) is 10.0 Å². The highest BCUT2D eigenvalue weighted by Gasteiger charge is 2.24. The number of primary amides is 1. The van der Waals surface area contributed by atoms with Crippen LogP contribution in [-0.4, -0.2) is 38.7 Å². The molecule has 0 bridgehead atoms. The van der Waals surface area contributed by atoms with Gasteiger partial charge in [0, 0.05) is 7.05 Å². The summed E-state index contributed by atoms with van der Waals surface area (Å²) in [6.45, 7) is 0. The molecular formula is C10H12N2O5S. The first-order chi connectivity index (χ1) is 8.16. The number of para-hydroxylation sites is 1. The van der Waals surface area contributed by atoms with Crippen LogP contribution in [0.1, 0.15) is 20.7 Å². The zero-order chi connectivity index (χ0) is 14.1. The molecule has 0 aliphatic heterocycles. The van der Waals surface area contributed by atoms with E-state index in [2.05, 4.69) is 0 Å². The molecule has 8 heteroatoms. The molecule has 18 heavy (non-hydrogen) atoms. The maximum absolute atomic E-state index is 11.5. The van der Waals surface area contributed by atoms with E-state index in [0.29, 0.717) is 0 Å². The van der Waals surface area contributed by atoms with Gasteiger partial charge in [0.1, 0.15) is 0 Å². The van der Waals surface area contributed by atoms with E-state index in [9.17, 15) is 18.0 Å². The third-order valence-corrected chi connectivity index (χ3v) is 3.52. The van der Waals surface area contributed by atoms with Gasteiger partial charge in [-0.05, 0) is 12.1 Å². The number of sulfonamides is 1. The Labute approximate surface area is 104 Å². The maximum Gasteiger partial charge on any atom is 0.337 e. The van der Waals surface area contributed by atoms with Gasteiger partial charge in [-0.3, -0.25) is 9.10 Å². The summed E-state index contributed by atoms with van der Waals surface area (Å²) in [7, 11) is -2.55. The van der Waals surface area contributed by atoms with Gasteiger partial charge in [0.25, 0.3) is 5.91 Å². The van der Waals surface area contributed by atoms with E-state index < -0.39 is 21.9 Å². The monoisotopic (exact) mass is 272 g/mol. The lowest BCUT2D eigenvalue weighted by Gasteiger charge is -2.21. The van der Waals surface area contributed by atoms with Crippen molar-refractivity contribution in [2.45, 2.75) is 0 Å². The number of nitrogens with zero attached hydrogens (tertiary/aromatic N) is 1. The van der Waals surface area contributed by atoms with Crippen molar-refractivity contribution in [3.63, 3.8) is 0 Å². The predicted octanol–water partition coefficient (Wildman–Crippen LogP) is -0.121. The van der Waals surface area contributed by atoms with Crippen LogP contribution in [0.5, 0.6) is 0 Å². The maximum atomic E-state index is 11.5. The number of benzene rings is 1. The molecule has 0 aliphatic carbocycles. The number of carbonyl (C=O) groups excluding carboxylic acids is 1. The van der Waals surface area contributed by atoms with Crippen molar-refractivity contribution >= 4 is 27.6 Å². The normalized spacial score (nSPS) is 11.0. The van der Waals surface area contributed by atoms with Gasteiger partial charge in [-0.1, -0.05) is 6.07 Å². The lowest BCUT2D eigenvalue weighted by Crippen LogP contribution is -2.29. The van der Waals surface area contributed by atoms with Crippen LogP contribution in [0.15, 0.2) is 18.2 Å². The molecule has 1 aromatic rings. The Morgan fingerprint density at radius 3 is 2.17 bits per heavy atom. The Balaban J connectivity index is 3.66. The number of anilines is 1. The van der Waals surface area contributed by atoms with Crippen LogP contribution >= 0.6 is 0 Å². The number of carbonyl (C=O) groups is 2. The van der Waals surface area contributed by atoms with E-state index >= 15 is 0 Å². The molecule has 0 radical (unpaired) electrons. The summed E-state index contributed by atoms with van der Waals surface area (Å²) in [5.41, 5.74) is 4.40. The summed E-state index contributed by atoms with van der Waals surface area (Å²) in [5, 5.41) is 9.01. The van der Waals surface area contributed by atoms with Crippen LogP contribution in [0.2, 0.25) is 0 Å². The highest BCUT2D eigenvalue weighted by atomic mass is 32.2. The van der Waals surface area contributed by atoms with Gasteiger partial charge in [-0.25, -0.2) is 13.2 Å². The highest BCUT2D eigenvalue weighted by molar-refractivity contribution is 7.92. The van der Waals surface area contributed by atoms with Crippen LogP contribution in [0.3, 0.4) is 0 Å². The Hall–Kier alpha value is -2.09. The van der Waals surface area contributed by atoms with Crippen LogP contribution < -0.4 is 10.0 Å². The minimum Gasteiger partial charge on any atom is -0.478 e. The second-order valence-corrected chi connectivity index (χ2v) is 5.62. The SMILES string of the molecule is CN(c1c(C(N)=O)cccc1C(=O)O)S(C)(=O)=O. The molecule has 0 aliphatic rings. The van der Waals surface area contributed by atoms with E-state index in [1.54, 1.807) is 0 Å². The topological polar surface area (TPSA) is 118 Å². The third-order valence-electron chi connectivity index (χ3n) is 2.34. The summed E-state index contributed by atoms with van der Waals surface area (Å²) in [6.07, 6.45) is 0.899. The zero-order valence-corrected chi connectivity index (χ0v) is 10.6. The summed E-state index contributed by atoms with van der Waals surface area (Å²) < 4.78 is 23.6. The van der Waals surface area contributed by atoms with E-state index in [1.165, 1.54) is 18.2 Å². The van der Waals surface area contributed by atoms with Crippen molar-refractivity contribution in [2.24, 2.45) is 5.73 Å². The van der Waals surface area contributed by atoms with Gasteiger partial charge >= 0.3 is 5.97 Å². The van der Waals surface area contributed by atoms with Crippen molar-refractivity contribution in [3.8, 4) is 0 Å². The fourth-order valence-corrected chi connectivity index (χ4v) is 1.95. The molecule has 98 valence electrons. The largest absolute Gasteiger partial charge is 0.478 e. The smallest absolute Gasteiger partial charge is 0.337 e. The molecule has 1 amide bonds. The second kappa shape index (κ2) is 4.65. The van der Waals surface area contributed by atoms with Crippen LogP contribution in [0.25, 0.3) is 0 Å². The van der Waals surface area contributed by atoms with E-state index in [-0.39, 0.29) is 16.8 Å². The van der Waals surface area contributed by atoms with Crippen molar-refractivity contribution in [2.75, 3.05) is 17.6 Å². The molecule has 0 spiro atoms. The van der Waals surface area contributed by atoms with Gasteiger partial charge in [-0.15, -0.1) is 0 Å². The third kappa shape index (κ3) is 2.59. The predicted molar refractivity (Wildman–Crippen MR) is 65.2 cm³/mol. The number of hydrogen-bond acceptors (Lipinski definition) is 4. The minimum atomic E-state index is -3.71. The van der Waals surface area contributed by atoms with Crippen LogP contribution in [0.4, 0.5) is 5.69 Å². The fourth-order valence-electron chi connectivity index (χ4n) is 1.42. The van der Waals surface area contributed by atoms with Crippen molar-refractivity contribution in [1.29, 1.82) is 0 Å². The Kier molecular flexibility index (Phi) is 3.61. The van der Waals surface area contributed by atoms with E-state index in [1.807, 2.05) is 0 Å². The molecule has 0 saturated heterocycles. The van der Waals surface area contributed by atoms with Crippen LogP contribution in [0, 0.1) is 0 Å². The average molecular weight is 272 g/mol. The average Bonchev–Trinajstić information content (AvgIpc) is 2.25. The second-order valence-electron chi connectivity index (χ2n) is 3.60. The quantitative estimate of drug-likeness (QED) is 0.792. The van der Waals surface area contributed by atoms with E-state index in [0.717, 1.165) is 17.6 Å². The molecule has 1 aromatic carbocycles. The summed E-state index contributed by atoms with van der Waals surface area (Å²) in [4.78, 5) is 22.3. The highest BCUT2D eigenvalue weighted by Crippen LogP contribution is 2.26. The standard InChI is InChI=1S/C10H12N2O5S/c1-12(18(2,16)17)8-6(9(11)13)4-3-5-7(8)10(14)15/h3-5H,1-2H3,(H2,11,13)(H,14,15). The first kappa shape index (κ1) is 14.0. The van der Waals surface area contributed by atoms with Crippen molar-refractivity contribution in [1.82, 2.24) is 0 Å². The number of carboxylic acid groups (broad SMARTS) is 1. The Morgan fingerprint density at radius 1 is 1.28 bits per heavy atom. The fraction of sp³-hybridized carbons (Fsp3) is 0.200. The Morgan fingerprint density at radius 2 is 1.78 bits per heavy atom. The Bertz CT molecular complexity index is 576.